The zero-order valence-corrected chi connectivity index (χ0v) is 15.3. The van der Waals surface area contributed by atoms with Crippen molar-refractivity contribution in [1.29, 1.82) is 0 Å². The Hall–Kier alpha value is 1.51. The first-order chi connectivity index (χ1) is 5.70. The van der Waals surface area contributed by atoms with Crippen LogP contribution in [0.2, 0.25) is 0 Å². The number of hydrogen-bond acceptors (Lipinski definition) is 0. The van der Waals surface area contributed by atoms with Gasteiger partial charge in [0.15, 0.2) is 0 Å². The van der Waals surface area contributed by atoms with Gasteiger partial charge in [-0.1, -0.05) is 39.2 Å². The molecule has 0 aliphatic rings. The molecule has 0 spiro atoms. The van der Waals surface area contributed by atoms with E-state index in [1.165, 1.54) is 18.4 Å². The van der Waals surface area contributed by atoms with E-state index in [1.54, 1.807) is 0 Å². The Morgan fingerprint density at radius 3 is 2.08 bits per heavy atom. The quantitative estimate of drug-likeness (QED) is 0.655. The van der Waals surface area contributed by atoms with Crippen LogP contribution in [0.25, 0.3) is 5.32 Å². The molecule has 1 nitrogen and oxygen atoms in total. The molecular weight excluding hydrogens is 232 g/mol. The monoisotopic (exact) mass is 255 g/mol. The molecule has 13 heavy (non-hydrogen) atoms. The van der Waals surface area contributed by atoms with Crippen molar-refractivity contribution < 1.29 is 58.2 Å². The normalized spacial score (nSPS) is 10.5. The minimum Gasteiger partial charge on any atom is -0.662 e. The van der Waals surface area contributed by atoms with Crippen LogP contribution in [-0.4, -0.2) is 13.1 Å². The van der Waals surface area contributed by atoms with E-state index in [0.29, 0.717) is 6.04 Å². The Bertz CT molecular complexity index is 102. The smallest absolute Gasteiger partial charge is 0.662 e. The number of hydrogen-bond donors (Lipinski definition) is 0. The Labute approximate surface area is 134 Å². The second-order valence-electron chi connectivity index (χ2n) is 2.86. The molecule has 0 amide bonds. The first-order valence-corrected chi connectivity index (χ1v) is 4.94. The molecule has 0 N–H and O–H groups in total. The van der Waals surface area contributed by atoms with E-state index in [0.717, 1.165) is 6.42 Å². The molecule has 2 heteroatoms. The Morgan fingerprint density at radius 2 is 1.85 bits per heavy atom. The Kier molecular flexibility index (Phi) is 24.5. The van der Waals surface area contributed by atoms with Gasteiger partial charge in [0.05, 0.1) is 0 Å². The molecule has 0 aromatic rings. The molecule has 0 bridgehead atoms. The fourth-order valence-corrected chi connectivity index (χ4v) is 1.06. The van der Waals surface area contributed by atoms with E-state index < -0.39 is 0 Å². The third kappa shape index (κ3) is 16.2. The fourth-order valence-electron chi connectivity index (χ4n) is 1.06. The summed E-state index contributed by atoms with van der Waals surface area (Å²) in [5.41, 5.74) is 1.24. The standard InChI is InChI=1S/C9H18N.C2H6.Rb/c1-5-6-9(10-4)7-8(2)3;1-2;/h9H,2,5-7H2,1,3-4H3;1-2H3;/q-1;;+1. The SMILES string of the molecule is C=C(C)CC(CCC)[N-]C.CC.[Rb+]. The van der Waals surface area contributed by atoms with Crippen LogP contribution in [0, 0.1) is 0 Å². The number of nitrogens with zero attached hydrogens (tertiary/aromatic N) is 1. The summed E-state index contributed by atoms with van der Waals surface area (Å²) < 4.78 is 0. The molecular formula is C11H24NRb. The summed E-state index contributed by atoms with van der Waals surface area (Å²) in [5.74, 6) is 0. The van der Waals surface area contributed by atoms with Crippen molar-refractivity contribution in [2.24, 2.45) is 0 Å². The topological polar surface area (TPSA) is 14.1 Å². The van der Waals surface area contributed by atoms with Gasteiger partial charge in [-0.3, -0.25) is 0 Å². The molecule has 0 aromatic carbocycles. The summed E-state index contributed by atoms with van der Waals surface area (Å²) >= 11 is 0. The van der Waals surface area contributed by atoms with Crippen LogP contribution in [-0.2, 0) is 0 Å². The van der Waals surface area contributed by atoms with Crippen LogP contribution in [0.4, 0.5) is 0 Å². The summed E-state index contributed by atoms with van der Waals surface area (Å²) in [5, 5.41) is 4.26. The van der Waals surface area contributed by atoms with Crippen molar-refractivity contribution >= 4 is 0 Å². The van der Waals surface area contributed by atoms with Gasteiger partial charge in [-0.05, 0) is 13.3 Å². The summed E-state index contributed by atoms with van der Waals surface area (Å²) in [7, 11) is 1.89. The first-order valence-electron chi connectivity index (χ1n) is 4.94. The van der Waals surface area contributed by atoms with Crippen molar-refractivity contribution in [1.82, 2.24) is 0 Å². The first kappa shape index (κ1) is 20.0. The predicted molar refractivity (Wildman–Crippen MR) is 58.8 cm³/mol. The van der Waals surface area contributed by atoms with Gasteiger partial charge >= 0.3 is 58.2 Å². The van der Waals surface area contributed by atoms with Crippen LogP contribution >= 0.6 is 0 Å². The molecule has 1 unspecified atom stereocenters. The molecule has 0 aliphatic carbocycles. The molecule has 0 heterocycles. The van der Waals surface area contributed by atoms with E-state index in [4.69, 9.17) is 0 Å². The largest absolute Gasteiger partial charge is 1.00 e. The summed E-state index contributed by atoms with van der Waals surface area (Å²) in [6.45, 7) is 12.1. The molecule has 0 saturated carbocycles. The van der Waals surface area contributed by atoms with E-state index in [-0.39, 0.29) is 58.2 Å². The van der Waals surface area contributed by atoms with E-state index in [2.05, 4.69) is 25.7 Å². The van der Waals surface area contributed by atoms with E-state index in [9.17, 15) is 0 Å². The van der Waals surface area contributed by atoms with Crippen molar-refractivity contribution in [2.45, 2.75) is 53.0 Å². The molecule has 74 valence electrons. The Balaban J connectivity index is -0.000000309. The van der Waals surface area contributed by atoms with Crippen LogP contribution < -0.4 is 58.2 Å². The van der Waals surface area contributed by atoms with Gasteiger partial charge in [-0.15, -0.1) is 12.6 Å². The van der Waals surface area contributed by atoms with Gasteiger partial charge in [0.25, 0.3) is 0 Å². The molecule has 0 aromatic heterocycles. The summed E-state index contributed by atoms with van der Waals surface area (Å²) in [6.07, 6.45) is 3.48. The Morgan fingerprint density at radius 1 is 1.38 bits per heavy atom. The predicted octanol–water partition coefficient (Wildman–Crippen LogP) is 1.15. The van der Waals surface area contributed by atoms with Gasteiger partial charge in [0, 0.05) is 0 Å². The van der Waals surface area contributed by atoms with Gasteiger partial charge in [0.2, 0.25) is 0 Å². The van der Waals surface area contributed by atoms with Crippen LogP contribution in [0.5, 0.6) is 0 Å². The summed E-state index contributed by atoms with van der Waals surface area (Å²) in [6, 6.07) is 0.516. The zero-order chi connectivity index (χ0) is 9.98. The minimum atomic E-state index is 0. The molecule has 0 aliphatic heterocycles. The van der Waals surface area contributed by atoms with Crippen molar-refractivity contribution in [3.63, 3.8) is 0 Å². The molecule has 0 saturated heterocycles. The third-order valence-corrected chi connectivity index (χ3v) is 1.57. The van der Waals surface area contributed by atoms with Crippen molar-refractivity contribution in [3.05, 3.63) is 17.5 Å². The van der Waals surface area contributed by atoms with Gasteiger partial charge in [-0.25, -0.2) is 0 Å². The van der Waals surface area contributed by atoms with Crippen molar-refractivity contribution in [2.75, 3.05) is 7.05 Å². The maximum absolute atomic E-state index is 4.26. The van der Waals surface area contributed by atoms with Crippen LogP contribution in [0.3, 0.4) is 0 Å². The zero-order valence-electron chi connectivity index (χ0n) is 10.4. The molecule has 0 radical (unpaired) electrons. The van der Waals surface area contributed by atoms with Gasteiger partial charge < -0.3 is 5.32 Å². The average Bonchev–Trinajstić information content (AvgIpc) is 2.07. The molecule has 0 fully saturated rings. The molecule has 0 rings (SSSR count). The summed E-state index contributed by atoms with van der Waals surface area (Å²) in [4.78, 5) is 0. The fraction of sp³-hybridized carbons (Fsp3) is 0.818. The number of rotatable bonds is 5. The van der Waals surface area contributed by atoms with Gasteiger partial charge in [-0.2, -0.15) is 7.05 Å². The maximum atomic E-state index is 4.26. The molecule has 1 atom stereocenters. The minimum absolute atomic E-state index is 0. The van der Waals surface area contributed by atoms with Gasteiger partial charge in [0.1, 0.15) is 0 Å². The maximum Gasteiger partial charge on any atom is 1.00 e. The second-order valence-corrected chi connectivity index (χ2v) is 2.86. The second kappa shape index (κ2) is 16.0. The third-order valence-electron chi connectivity index (χ3n) is 1.57. The van der Waals surface area contributed by atoms with Crippen molar-refractivity contribution in [3.8, 4) is 0 Å². The van der Waals surface area contributed by atoms with Crippen LogP contribution in [0.1, 0.15) is 47.0 Å². The average molecular weight is 256 g/mol. The van der Waals surface area contributed by atoms with E-state index >= 15 is 0 Å². The van der Waals surface area contributed by atoms with E-state index in [1.807, 2.05) is 20.9 Å². The van der Waals surface area contributed by atoms with Crippen LogP contribution in [0.15, 0.2) is 12.2 Å².